The van der Waals surface area contributed by atoms with Gasteiger partial charge in [0, 0.05) is 0 Å². The van der Waals surface area contributed by atoms with Crippen LogP contribution in [-0.2, 0) is 0 Å². The second-order valence-corrected chi connectivity index (χ2v) is 5.84. The lowest BCUT2D eigenvalue weighted by Crippen LogP contribution is -1.96. The van der Waals surface area contributed by atoms with Crippen molar-refractivity contribution in [3.8, 4) is 5.69 Å². The Hall–Kier alpha value is -0.390. The molecule has 90 valence electrons. The molecule has 0 bridgehead atoms. The highest BCUT2D eigenvalue weighted by atomic mass is 79.9. The lowest BCUT2D eigenvalue weighted by atomic mass is 10.3. The fourth-order valence-electron chi connectivity index (χ4n) is 1.42. The van der Waals surface area contributed by atoms with Crippen LogP contribution in [-0.4, -0.2) is 15.0 Å². The van der Waals surface area contributed by atoms with E-state index in [0.29, 0.717) is 5.02 Å². The summed E-state index contributed by atoms with van der Waals surface area (Å²) in [6.07, 6.45) is 2.87. The van der Waals surface area contributed by atoms with Crippen molar-refractivity contribution in [2.24, 2.45) is 0 Å². The van der Waals surface area contributed by atoms with E-state index in [9.17, 15) is 0 Å². The molecule has 1 aromatic heterocycles. The molecule has 3 nitrogen and oxygen atoms in total. The standard InChI is InChI=1S/C11H10Br2ClN3/c1-2-7(12)9-6-17(16-15-9)10-5-3-4-8(14)11(10)13/h3-7H,2H2,1H3. The number of hydrogen-bond donors (Lipinski definition) is 0. The van der Waals surface area contributed by atoms with E-state index in [4.69, 9.17) is 11.6 Å². The third-order valence-corrected chi connectivity index (χ3v) is 4.86. The highest BCUT2D eigenvalue weighted by molar-refractivity contribution is 9.10. The van der Waals surface area contributed by atoms with Gasteiger partial charge in [-0.05, 0) is 34.5 Å². The third kappa shape index (κ3) is 2.72. The van der Waals surface area contributed by atoms with E-state index in [2.05, 4.69) is 49.1 Å². The molecule has 0 aliphatic rings. The fraction of sp³-hybridized carbons (Fsp3) is 0.273. The summed E-state index contributed by atoms with van der Waals surface area (Å²) in [5.41, 5.74) is 1.80. The quantitative estimate of drug-likeness (QED) is 0.734. The normalized spacial score (nSPS) is 12.7. The highest BCUT2D eigenvalue weighted by Gasteiger charge is 2.12. The number of benzene rings is 1. The van der Waals surface area contributed by atoms with Crippen LogP contribution >= 0.6 is 43.5 Å². The lowest BCUT2D eigenvalue weighted by Gasteiger charge is -2.04. The minimum atomic E-state index is 0.231. The van der Waals surface area contributed by atoms with Crippen molar-refractivity contribution in [1.29, 1.82) is 0 Å². The van der Waals surface area contributed by atoms with E-state index in [-0.39, 0.29) is 4.83 Å². The van der Waals surface area contributed by atoms with Crippen LogP contribution in [0.4, 0.5) is 0 Å². The van der Waals surface area contributed by atoms with Crippen LogP contribution in [0.25, 0.3) is 5.69 Å². The van der Waals surface area contributed by atoms with E-state index < -0.39 is 0 Å². The molecular formula is C11H10Br2ClN3. The maximum atomic E-state index is 6.04. The van der Waals surface area contributed by atoms with Gasteiger partial charge in [0.25, 0.3) is 0 Å². The molecule has 1 aromatic carbocycles. The van der Waals surface area contributed by atoms with Gasteiger partial charge in [-0.1, -0.05) is 45.7 Å². The van der Waals surface area contributed by atoms with Gasteiger partial charge < -0.3 is 0 Å². The van der Waals surface area contributed by atoms with Gasteiger partial charge in [-0.2, -0.15) is 0 Å². The number of aromatic nitrogens is 3. The molecule has 1 unspecified atom stereocenters. The van der Waals surface area contributed by atoms with E-state index in [1.165, 1.54) is 0 Å². The minimum Gasteiger partial charge on any atom is -0.219 e. The van der Waals surface area contributed by atoms with Crippen molar-refractivity contribution in [3.63, 3.8) is 0 Å². The van der Waals surface area contributed by atoms with E-state index in [1.807, 2.05) is 24.4 Å². The molecule has 1 atom stereocenters. The number of nitrogens with zero attached hydrogens (tertiary/aromatic N) is 3. The number of halogens is 3. The molecule has 0 aliphatic carbocycles. The van der Waals surface area contributed by atoms with Gasteiger partial charge in [0.2, 0.25) is 0 Å². The molecule has 6 heteroatoms. The van der Waals surface area contributed by atoms with Gasteiger partial charge >= 0.3 is 0 Å². The van der Waals surface area contributed by atoms with E-state index >= 15 is 0 Å². The Labute approximate surface area is 121 Å². The van der Waals surface area contributed by atoms with E-state index in [1.54, 1.807) is 4.68 Å². The van der Waals surface area contributed by atoms with E-state index in [0.717, 1.165) is 22.3 Å². The Morgan fingerprint density at radius 1 is 1.47 bits per heavy atom. The Balaban J connectivity index is 2.40. The molecule has 0 N–H and O–H groups in total. The first-order valence-corrected chi connectivity index (χ1v) is 7.22. The Kier molecular flexibility index (Phi) is 4.22. The molecular weight excluding hydrogens is 369 g/mol. The summed E-state index contributed by atoms with van der Waals surface area (Å²) >= 11 is 13.0. The van der Waals surface area contributed by atoms with Gasteiger partial charge in [0.05, 0.1) is 31.9 Å². The lowest BCUT2D eigenvalue weighted by molar-refractivity contribution is 0.788. The smallest absolute Gasteiger partial charge is 0.0967 e. The van der Waals surface area contributed by atoms with Crippen molar-refractivity contribution >= 4 is 43.5 Å². The highest BCUT2D eigenvalue weighted by Crippen LogP contribution is 2.30. The first-order chi connectivity index (χ1) is 8.13. The van der Waals surface area contributed by atoms with Crippen LogP contribution in [0.2, 0.25) is 5.02 Å². The molecule has 0 spiro atoms. The maximum Gasteiger partial charge on any atom is 0.0967 e. The Bertz CT molecular complexity index is 527. The molecule has 2 aromatic rings. The van der Waals surface area contributed by atoms with Crippen molar-refractivity contribution < 1.29 is 0 Å². The minimum absolute atomic E-state index is 0.231. The van der Waals surface area contributed by atoms with Crippen LogP contribution in [0, 0.1) is 0 Å². The summed E-state index contributed by atoms with van der Waals surface area (Å²) in [4.78, 5) is 0.231. The largest absolute Gasteiger partial charge is 0.219 e. The Morgan fingerprint density at radius 3 is 2.94 bits per heavy atom. The monoisotopic (exact) mass is 377 g/mol. The molecule has 17 heavy (non-hydrogen) atoms. The summed E-state index contributed by atoms with van der Waals surface area (Å²) in [6.45, 7) is 2.09. The van der Waals surface area contributed by atoms with Gasteiger partial charge in [0.1, 0.15) is 0 Å². The van der Waals surface area contributed by atoms with Gasteiger partial charge in [0.15, 0.2) is 0 Å². The predicted octanol–water partition coefficient (Wildman–Crippen LogP) is 4.53. The topological polar surface area (TPSA) is 30.7 Å². The number of hydrogen-bond acceptors (Lipinski definition) is 2. The van der Waals surface area contributed by atoms with Gasteiger partial charge in [-0.3, -0.25) is 0 Å². The fourth-order valence-corrected chi connectivity index (χ4v) is 2.24. The molecule has 0 radical (unpaired) electrons. The molecule has 0 amide bonds. The number of alkyl halides is 1. The summed E-state index contributed by atoms with van der Waals surface area (Å²) in [5.74, 6) is 0. The maximum absolute atomic E-state index is 6.04. The average molecular weight is 379 g/mol. The van der Waals surface area contributed by atoms with Crippen molar-refractivity contribution in [2.75, 3.05) is 0 Å². The second kappa shape index (κ2) is 5.50. The van der Waals surface area contributed by atoms with Gasteiger partial charge in [-0.15, -0.1) is 5.10 Å². The third-order valence-electron chi connectivity index (χ3n) is 2.37. The van der Waals surface area contributed by atoms with Crippen LogP contribution in [0.3, 0.4) is 0 Å². The summed E-state index contributed by atoms with van der Waals surface area (Å²) in [5, 5.41) is 8.90. The first kappa shape index (κ1) is 13.1. The van der Waals surface area contributed by atoms with Gasteiger partial charge in [-0.25, -0.2) is 4.68 Å². The molecule has 0 fully saturated rings. The summed E-state index contributed by atoms with van der Waals surface area (Å²) in [6, 6.07) is 5.64. The van der Waals surface area contributed by atoms with Crippen molar-refractivity contribution in [3.05, 3.63) is 39.6 Å². The second-order valence-electron chi connectivity index (χ2n) is 3.54. The molecule has 0 saturated carbocycles. The average Bonchev–Trinajstić information content (AvgIpc) is 2.81. The van der Waals surface area contributed by atoms with Crippen molar-refractivity contribution in [1.82, 2.24) is 15.0 Å². The molecule has 1 heterocycles. The predicted molar refractivity (Wildman–Crippen MR) is 76.0 cm³/mol. The molecule has 2 rings (SSSR count). The van der Waals surface area contributed by atoms with Crippen LogP contribution in [0.5, 0.6) is 0 Å². The van der Waals surface area contributed by atoms with Crippen LogP contribution in [0.15, 0.2) is 28.9 Å². The van der Waals surface area contributed by atoms with Crippen LogP contribution < -0.4 is 0 Å². The molecule has 0 saturated heterocycles. The summed E-state index contributed by atoms with van der Waals surface area (Å²) in [7, 11) is 0. The van der Waals surface area contributed by atoms with Crippen LogP contribution in [0.1, 0.15) is 23.9 Å². The zero-order valence-corrected chi connectivity index (χ0v) is 13.0. The Morgan fingerprint density at radius 2 is 2.24 bits per heavy atom. The van der Waals surface area contributed by atoms with Crippen molar-refractivity contribution in [2.45, 2.75) is 18.2 Å². The molecule has 0 aliphatic heterocycles. The first-order valence-electron chi connectivity index (χ1n) is 5.14. The summed E-state index contributed by atoms with van der Waals surface area (Å²) < 4.78 is 2.54. The SMILES string of the molecule is CCC(Br)c1cn(-c2cccc(Cl)c2Br)nn1. The zero-order chi connectivity index (χ0) is 12.4. The number of rotatable bonds is 3. The zero-order valence-electron chi connectivity index (χ0n) is 9.07.